The Morgan fingerprint density at radius 3 is 2.10 bits per heavy atom. The zero-order valence-electron chi connectivity index (χ0n) is 11.3. The van der Waals surface area contributed by atoms with Crippen molar-refractivity contribution in [3.63, 3.8) is 0 Å². The number of halogens is 2. The standard InChI is InChI=1S/C14H14Br2N2O2S/c1-2-18(11-6-4-3-5-7-11)21(19,20)14-12(15)8-10(17)9-13(14)16/h3-9H,2,17H2,1H3. The molecule has 0 heterocycles. The Morgan fingerprint density at radius 1 is 1.10 bits per heavy atom. The number of rotatable bonds is 4. The van der Waals surface area contributed by atoms with E-state index in [1.165, 1.54) is 4.31 Å². The fourth-order valence-corrected chi connectivity index (χ4v) is 6.04. The zero-order chi connectivity index (χ0) is 15.6. The summed E-state index contributed by atoms with van der Waals surface area (Å²) >= 11 is 6.58. The molecule has 4 nitrogen and oxygen atoms in total. The first-order valence-electron chi connectivity index (χ1n) is 6.20. The highest BCUT2D eigenvalue weighted by Crippen LogP contribution is 2.35. The smallest absolute Gasteiger partial charge is 0.266 e. The Balaban J connectivity index is 2.61. The number of hydrogen-bond donors (Lipinski definition) is 1. The van der Waals surface area contributed by atoms with Crippen LogP contribution in [0.5, 0.6) is 0 Å². The molecule has 0 aliphatic heterocycles. The third kappa shape index (κ3) is 3.25. The van der Waals surface area contributed by atoms with Gasteiger partial charge in [-0.2, -0.15) is 0 Å². The highest BCUT2D eigenvalue weighted by molar-refractivity contribution is 9.11. The summed E-state index contributed by atoms with van der Waals surface area (Å²) in [5.41, 5.74) is 6.83. The molecule has 21 heavy (non-hydrogen) atoms. The molecular weight excluding hydrogens is 420 g/mol. The minimum atomic E-state index is -3.70. The van der Waals surface area contributed by atoms with E-state index in [2.05, 4.69) is 31.9 Å². The fraction of sp³-hybridized carbons (Fsp3) is 0.143. The van der Waals surface area contributed by atoms with Crippen LogP contribution in [0.4, 0.5) is 11.4 Å². The lowest BCUT2D eigenvalue weighted by molar-refractivity contribution is 0.591. The van der Waals surface area contributed by atoms with E-state index in [0.717, 1.165) is 0 Å². The Kier molecular flexibility index (Phi) is 4.95. The van der Waals surface area contributed by atoms with Gasteiger partial charge in [-0.1, -0.05) is 18.2 Å². The van der Waals surface area contributed by atoms with E-state index in [0.29, 0.717) is 26.9 Å². The SMILES string of the molecule is CCN(c1ccccc1)S(=O)(=O)c1c(Br)cc(N)cc1Br. The van der Waals surface area contributed by atoms with Crippen molar-refractivity contribution < 1.29 is 8.42 Å². The third-order valence-corrected chi connectivity index (χ3v) is 6.68. The third-order valence-electron chi connectivity index (χ3n) is 2.90. The van der Waals surface area contributed by atoms with Crippen LogP contribution in [0.2, 0.25) is 0 Å². The van der Waals surface area contributed by atoms with Gasteiger partial charge < -0.3 is 5.73 Å². The molecule has 0 aliphatic rings. The van der Waals surface area contributed by atoms with Crippen molar-refractivity contribution >= 4 is 53.3 Å². The van der Waals surface area contributed by atoms with Gasteiger partial charge in [0.05, 0.1) is 5.69 Å². The average Bonchev–Trinajstić information content (AvgIpc) is 2.38. The number of para-hydroxylation sites is 1. The number of nitrogens with two attached hydrogens (primary N) is 1. The van der Waals surface area contributed by atoms with Crippen LogP contribution in [0.3, 0.4) is 0 Å². The van der Waals surface area contributed by atoms with E-state index in [-0.39, 0.29) is 4.90 Å². The van der Waals surface area contributed by atoms with Crippen molar-refractivity contribution in [1.82, 2.24) is 0 Å². The molecule has 0 amide bonds. The topological polar surface area (TPSA) is 63.4 Å². The van der Waals surface area contributed by atoms with Crippen molar-refractivity contribution in [3.8, 4) is 0 Å². The normalized spacial score (nSPS) is 11.4. The summed E-state index contributed by atoms with van der Waals surface area (Å²) in [7, 11) is -3.70. The molecule has 0 atom stereocenters. The highest BCUT2D eigenvalue weighted by atomic mass is 79.9. The molecular formula is C14H14Br2N2O2S. The summed E-state index contributed by atoms with van der Waals surface area (Å²) in [5.74, 6) is 0. The first kappa shape index (κ1) is 16.3. The number of anilines is 2. The maximum Gasteiger partial charge on any atom is 0.266 e. The second-order valence-electron chi connectivity index (χ2n) is 4.32. The second-order valence-corrected chi connectivity index (χ2v) is 7.83. The van der Waals surface area contributed by atoms with Gasteiger partial charge in [-0.15, -0.1) is 0 Å². The molecule has 0 fully saturated rings. The molecule has 2 rings (SSSR count). The molecule has 0 aromatic heterocycles. The Hall–Kier alpha value is -1.05. The largest absolute Gasteiger partial charge is 0.399 e. The maximum absolute atomic E-state index is 12.9. The van der Waals surface area contributed by atoms with Gasteiger partial charge >= 0.3 is 0 Å². The van der Waals surface area contributed by atoms with Crippen molar-refractivity contribution in [2.75, 3.05) is 16.6 Å². The molecule has 0 spiro atoms. The van der Waals surface area contributed by atoms with Gasteiger partial charge in [-0.3, -0.25) is 4.31 Å². The minimum Gasteiger partial charge on any atom is -0.399 e. The molecule has 0 aliphatic carbocycles. The van der Waals surface area contributed by atoms with Gasteiger partial charge in [0.15, 0.2) is 0 Å². The summed E-state index contributed by atoms with van der Waals surface area (Å²) in [5, 5.41) is 0. The molecule has 7 heteroatoms. The van der Waals surface area contributed by atoms with Crippen LogP contribution in [0.1, 0.15) is 6.92 Å². The van der Waals surface area contributed by atoms with Gasteiger partial charge in [-0.25, -0.2) is 8.42 Å². The van der Waals surface area contributed by atoms with Crippen LogP contribution in [0, 0.1) is 0 Å². The van der Waals surface area contributed by atoms with Crippen LogP contribution in [-0.4, -0.2) is 15.0 Å². The first-order valence-corrected chi connectivity index (χ1v) is 9.23. The summed E-state index contributed by atoms with van der Waals surface area (Å²) in [4.78, 5) is 0.169. The number of nitrogen functional groups attached to an aromatic ring is 1. The average molecular weight is 434 g/mol. The van der Waals surface area contributed by atoms with E-state index in [1.54, 1.807) is 43.3 Å². The first-order chi connectivity index (χ1) is 9.87. The predicted molar refractivity (Wildman–Crippen MR) is 92.9 cm³/mol. The molecule has 0 bridgehead atoms. The quantitative estimate of drug-likeness (QED) is 0.740. The van der Waals surface area contributed by atoms with Crippen molar-refractivity contribution in [2.45, 2.75) is 11.8 Å². The van der Waals surface area contributed by atoms with Crippen LogP contribution in [-0.2, 0) is 10.0 Å². The number of nitrogens with zero attached hydrogens (tertiary/aromatic N) is 1. The Morgan fingerprint density at radius 2 is 1.62 bits per heavy atom. The van der Waals surface area contributed by atoms with E-state index in [9.17, 15) is 8.42 Å². The van der Waals surface area contributed by atoms with Crippen molar-refractivity contribution in [3.05, 3.63) is 51.4 Å². The van der Waals surface area contributed by atoms with Crippen LogP contribution in [0.25, 0.3) is 0 Å². The molecule has 2 N–H and O–H groups in total. The van der Waals surface area contributed by atoms with Crippen LogP contribution < -0.4 is 10.0 Å². The molecule has 0 radical (unpaired) electrons. The van der Waals surface area contributed by atoms with Gasteiger partial charge in [0.2, 0.25) is 0 Å². The van der Waals surface area contributed by atoms with Crippen LogP contribution in [0.15, 0.2) is 56.3 Å². The van der Waals surface area contributed by atoms with Gasteiger partial charge in [0, 0.05) is 21.2 Å². The number of hydrogen-bond acceptors (Lipinski definition) is 3. The van der Waals surface area contributed by atoms with E-state index in [1.807, 2.05) is 6.07 Å². The molecule has 112 valence electrons. The molecule has 0 unspecified atom stereocenters. The fourth-order valence-electron chi connectivity index (χ4n) is 2.02. The summed E-state index contributed by atoms with van der Waals surface area (Å²) in [6.07, 6.45) is 0. The Bertz CT molecular complexity index is 726. The number of benzene rings is 2. The Labute approximate surface area is 141 Å². The molecule has 2 aromatic rings. The molecule has 2 aromatic carbocycles. The van der Waals surface area contributed by atoms with E-state index >= 15 is 0 Å². The van der Waals surface area contributed by atoms with Gasteiger partial charge in [-0.05, 0) is 63.0 Å². The second kappa shape index (κ2) is 6.37. The lowest BCUT2D eigenvalue weighted by Gasteiger charge is -2.24. The lowest BCUT2D eigenvalue weighted by atomic mass is 10.3. The summed E-state index contributed by atoms with van der Waals surface area (Å²) < 4.78 is 28.1. The van der Waals surface area contributed by atoms with Gasteiger partial charge in [0.25, 0.3) is 10.0 Å². The maximum atomic E-state index is 12.9. The molecule has 0 saturated carbocycles. The van der Waals surface area contributed by atoms with Crippen molar-refractivity contribution in [1.29, 1.82) is 0 Å². The monoisotopic (exact) mass is 432 g/mol. The van der Waals surface area contributed by atoms with E-state index < -0.39 is 10.0 Å². The zero-order valence-corrected chi connectivity index (χ0v) is 15.2. The lowest BCUT2D eigenvalue weighted by Crippen LogP contribution is -2.31. The van der Waals surface area contributed by atoms with Crippen LogP contribution >= 0.6 is 31.9 Å². The van der Waals surface area contributed by atoms with Crippen molar-refractivity contribution in [2.24, 2.45) is 0 Å². The molecule has 0 saturated heterocycles. The summed E-state index contributed by atoms with van der Waals surface area (Å²) in [6.45, 7) is 2.12. The number of sulfonamides is 1. The summed E-state index contributed by atoms with van der Waals surface area (Å²) in [6, 6.07) is 12.1. The minimum absolute atomic E-state index is 0.169. The van der Waals surface area contributed by atoms with E-state index in [4.69, 9.17) is 5.73 Å². The predicted octanol–water partition coefficient (Wildman–Crippen LogP) is 4.01. The van der Waals surface area contributed by atoms with Gasteiger partial charge in [0.1, 0.15) is 4.90 Å². The highest BCUT2D eigenvalue weighted by Gasteiger charge is 2.28.